The monoisotopic (exact) mass is 348 g/mol. The quantitative estimate of drug-likeness (QED) is 0.782. The van der Waals surface area contributed by atoms with Crippen molar-refractivity contribution in [2.24, 2.45) is 28.9 Å². The van der Waals surface area contributed by atoms with E-state index in [9.17, 15) is 14.4 Å². The molecule has 4 aliphatic carbocycles. The number of hydrogen-bond donors (Lipinski definition) is 1. The minimum Gasteiger partial charge on any atom is -0.451 e. The van der Waals surface area contributed by atoms with Crippen LogP contribution in [0.1, 0.15) is 58.3 Å². The molecule has 2 atom stereocenters. The van der Waals surface area contributed by atoms with Gasteiger partial charge in [0.05, 0.1) is 5.41 Å². The molecule has 1 heterocycles. The maximum Gasteiger partial charge on any atom is 0.329 e. The van der Waals surface area contributed by atoms with Crippen molar-refractivity contribution in [1.82, 2.24) is 4.90 Å². The largest absolute Gasteiger partial charge is 0.451 e. The molecule has 1 aliphatic heterocycles. The lowest BCUT2D eigenvalue weighted by atomic mass is 9.49. The minimum absolute atomic E-state index is 0.165. The Kier molecular flexibility index (Phi) is 4.04. The van der Waals surface area contributed by atoms with Crippen LogP contribution in [-0.4, -0.2) is 41.4 Å². The highest BCUT2D eigenvalue weighted by molar-refractivity contribution is 5.90. The van der Waals surface area contributed by atoms with Crippen LogP contribution in [0.2, 0.25) is 0 Å². The van der Waals surface area contributed by atoms with Gasteiger partial charge in [-0.1, -0.05) is 0 Å². The summed E-state index contributed by atoms with van der Waals surface area (Å²) in [6.45, 7) is 2.09. The zero-order valence-electron chi connectivity index (χ0n) is 14.9. The third kappa shape index (κ3) is 2.83. The Morgan fingerprint density at radius 3 is 2.16 bits per heavy atom. The van der Waals surface area contributed by atoms with Crippen LogP contribution < -0.4 is 5.73 Å². The van der Waals surface area contributed by atoms with Gasteiger partial charge in [0.25, 0.3) is 5.91 Å². The molecule has 0 spiro atoms. The van der Waals surface area contributed by atoms with E-state index in [-0.39, 0.29) is 11.3 Å². The number of likely N-dealkylation sites (tertiary alicyclic amines) is 1. The van der Waals surface area contributed by atoms with Crippen molar-refractivity contribution in [2.75, 3.05) is 6.54 Å². The zero-order chi connectivity index (χ0) is 17.8. The standard InChI is InChI=1S/C19H28N2O4/c1-11(16(20)22)25-17(23)15-3-2-4-21(15)18(24)19-8-12-5-13(9-19)7-14(6-12)10-19/h11-15H,2-10H2,1H3,(H2,20,22)/t11-,12?,13?,14?,15+,19?/m1/s1. The zero-order valence-corrected chi connectivity index (χ0v) is 14.9. The number of esters is 1. The molecule has 138 valence electrons. The van der Waals surface area contributed by atoms with Gasteiger partial charge in [-0.15, -0.1) is 0 Å². The van der Waals surface area contributed by atoms with Crippen molar-refractivity contribution in [3.05, 3.63) is 0 Å². The maximum absolute atomic E-state index is 13.5. The lowest BCUT2D eigenvalue weighted by molar-refractivity contribution is -0.168. The molecule has 2 amide bonds. The second kappa shape index (κ2) is 5.99. The van der Waals surface area contributed by atoms with Crippen LogP contribution in [-0.2, 0) is 19.1 Å². The minimum atomic E-state index is -0.954. The number of hydrogen-bond acceptors (Lipinski definition) is 4. The number of carbonyl (C=O) groups excluding carboxylic acids is 3. The Balaban J connectivity index is 1.49. The first-order valence-electron chi connectivity index (χ1n) is 9.69. The average Bonchev–Trinajstić information content (AvgIpc) is 3.02. The Morgan fingerprint density at radius 2 is 1.64 bits per heavy atom. The number of ether oxygens (including phenoxy) is 1. The Labute approximate surface area is 148 Å². The van der Waals surface area contributed by atoms with Gasteiger partial charge in [0.1, 0.15) is 6.04 Å². The average molecular weight is 348 g/mol. The van der Waals surface area contributed by atoms with Gasteiger partial charge in [0.2, 0.25) is 5.91 Å². The van der Waals surface area contributed by atoms with E-state index in [0.717, 1.165) is 25.7 Å². The summed E-state index contributed by atoms with van der Waals surface area (Å²) in [5.41, 5.74) is 4.94. The van der Waals surface area contributed by atoms with Crippen LogP contribution in [0, 0.1) is 23.2 Å². The summed E-state index contributed by atoms with van der Waals surface area (Å²) in [5.74, 6) is 1.10. The highest BCUT2D eigenvalue weighted by atomic mass is 16.5. The molecule has 0 aromatic carbocycles. The SMILES string of the molecule is C[C@@H](OC(=O)[C@@H]1CCCN1C(=O)C12CC3CC(CC(C3)C1)C2)C(N)=O. The van der Waals surface area contributed by atoms with Crippen LogP contribution >= 0.6 is 0 Å². The van der Waals surface area contributed by atoms with Crippen molar-refractivity contribution in [1.29, 1.82) is 0 Å². The molecule has 5 fully saturated rings. The highest BCUT2D eigenvalue weighted by Gasteiger charge is 2.57. The van der Waals surface area contributed by atoms with Crippen LogP contribution in [0.3, 0.4) is 0 Å². The van der Waals surface area contributed by atoms with Gasteiger partial charge in [-0.25, -0.2) is 4.79 Å². The molecule has 5 rings (SSSR count). The lowest BCUT2D eigenvalue weighted by Gasteiger charge is -2.56. The second-order valence-electron chi connectivity index (χ2n) is 8.84. The van der Waals surface area contributed by atoms with Gasteiger partial charge < -0.3 is 15.4 Å². The van der Waals surface area contributed by atoms with E-state index in [1.807, 2.05) is 0 Å². The molecule has 0 aromatic heterocycles. The first kappa shape index (κ1) is 16.9. The van der Waals surface area contributed by atoms with Crippen LogP contribution in [0.5, 0.6) is 0 Å². The molecular weight excluding hydrogens is 320 g/mol. The van der Waals surface area contributed by atoms with E-state index in [1.54, 1.807) is 4.90 Å². The third-order valence-corrected chi connectivity index (χ3v) is 6.97. The fourth-order valence-electron chi connectivity index (χ4n) is 6.24. The first-order chi connectivity index (χ1) is 11.9. The summed E-state index contributed by atoms with van der Waals surface area (Å²) >= 11 is 0. The highest BCUT2D eigenvalue weighted by Crippen LogP contribution is 2.60. The van der Waals surface area contributed by atoms with Gasteiger partial charge in [-0.05, 0) is 76.0 Å². The summed E-state index contributed by atoms with van der Waals surface area (Å²) in [6, 6.07) is -0.553. The summed E-state index contributed by atoms with van der Waals surface area (Å²) < 4.78 is 5.19. The van der Waals surface area contributed by atoms with Crippen LogP contribution in [0.25, 0.3) is 0 Å². The fraction of sp³-hybridized carbons (Fsp3) is 0.842. The van der Waals surface area contributed by atoms with Gasteiger partial charge in [-0.3, -0.25) is 9.59 Å². The van der Waals surface area contributed by atoms with E-state index >= 15 is 0 Å². The maximum atomic E-state index is 13.5. The molecule has 0 unspecified atom stereocenters. The van der Waals surface area contributed by atoms with Crippen molar-refractivity contribution in [3.8, 4) is 0 Å². The van der Waals surface area contributed by atoms with E-state index in [1.165, 1.54) is 26.2 Å². The van der Waals surface area contributed by atoms with Gasteiger partial charge in [0.15, 0.2) is 6.10 Å². The van der Waals surface area contributed by atoms with Gasteiger partial charge >= 0.3 is 5.97 Å². The molecule has 1 saturated heterocycles. The van der Waals surface area contributed by atoms with Gasteiger partial charge in [-0.2, -0.15) is 0 Å². The predicted octanol–water partition coefficient (Wildman–Crippen LogP) is 1.61. The first-order valence-corrected chi connectivity index (χ1v) is 9.69. The lowest BCUT2D eigenvalue weighted by Crippen LogP contribution is -2.56. The Morgan fingerprint density at radius 1 is 1.08 bits per heavy atom. The second-order valence-corrected chi connectivity index (χ2v) is 8.84. The molecule has 2 N–H and O–H groups in total. The van der Waals surface area contributed by atoms with E-state index in [4.69, 9.17) is 10.5 Å². The summed E-state index contributed by atoms with van der Waals surface area (Å²) in [7, 11) is 0. The van der Waals surface area contributed by atoms with E-state index in [2.05, 4.69) is 0 Å². The Hall–Kier alpha value is -1.59. The molecule has 4 bridgehead atoms. The van der Waals surface area contributed by atoms with E-state index in [0.29, 0.717) is 30.7 Å². The number of nitrogens with two attached hydrogens (primary N) is 1. The topological polar surface area (TPSA) is 89.7 Å². The third-order valence-electron chi connectivity index (χ3n) is 6.97. The number of nitrogens with zero attached hydrogens (tertiary/aromatic N) is 1. The number of rotatable bonds is 4. The molecule has 0 radical (unpaired) electrons. The Bertz CT molecular complexity index is 567. The smallest absolute Gasteiger partial charge is 0.329 e. The predicted molar refractivity (Wildman–Crippen MR) is 90.1 cm³/mol. The molecular formula is C19H28N2O4. The van der Waals surface area contributed by atoms with Crippen molar-refractivity contribution >= 4 is 17.8 Å². The molecule has 25 heavy (non-hydrogen) atoms. The number of primary amides is 1. The summed E-state index contributed by atoms with van der Waals surface area (Å²) in [5, 5.41) is 0. The molecule has 4 saturated carbocycles. The van der Waals surface area contributed by atoms with Crippen molar-refractivity contribution in [2.45, 2.75) is 70.4 Å². The number of carbonyl (C=O) groups is 3. The fourth-order valence-corrected chi connectivity index (χ4v) is 6.24. The molecule has 0 aromatic rings. The summed E-state index contributed by atoms with van der Waals surface area (Å²) in [6.07, 6.45) is 7.31. The number of amides is 2. The molecule has 6 nitrogen and oxygen atoms in total. The summed E-state index contributed by atoms with van der Waals surface area (Å²) in [4.78, 5) is 38.9. The van der Waals surface area contributed by atoms with Crippen molar-refractivity contribution in [3.63, 3.8) is 0 Å². The van der Waals surface area contributed by atoms with Crippen molar-refractivity contribution < 1.29 is 19.1 Å². The van der Waals surface area contributed by atoms with Crippen LogP contribution in [0.4, 0.5) is 0 Å². The normalized spacial score (nSPS) is 40.1. The molecule has 5 aliphatic rings. The van der Waals surface area contributed by atoms with Gasteiger partial charge in [0, 0.05) is 6.54 Å². The van der Waals surface area contributed by atoms with E-state index < -0.39 is 24.0 Å². The van der Waals surface area contributed by atoms with Crippen LogP contribution in [0.15, 0.2) is 0 Å². The molecule has 6 heteroatoms.